The normalized spacial score (nSPS) is 19.9. The maximum absolute atomic E-state index is 14.5. The average Bonchev–Trinajstić information content (AvgIpc) is 3.20. The number of carbonyl (C=O) groups is 2. The van der Waals surface area contributed by atoms with E-state index in [-0.39, 0.29) is 18.4 Å². The van der Waals surface area contributed by atoms with Gasteiger partial charge in [-0.3, -0.25) is 9.59 Å². The number of halogens is 1. The Morgan fingerprint density at radius 3 is 2.50 bits per heavy atom. The molecular weight excluding hydrogens is 459 g/mol. The SMILES string of the molecule is COc1cc(NC(=O)C2(N3Cc4c(C)cc(NCC5(F)CNC5)cc4C3=O)CCCCC2)ccc1C. The van der Waals surface area contributed by atoms with Crippen molar-refractivity contribution in [2.75, 3.05) is 37.4 Å². The number of amides is 2. The van der Waals surface area contributed by atoms with Crippen LogP contribution in [-0.4, -0.2) is 54.7 Å². The summed E-state index contributed by atoms with van der Waals surface area (Å²) in [7, 11) is 1.61. The van der Waals surface area contributed by atoms with Gasteiger partial charge in [-0.1, -0.05) is 25.3 Å². The molecule has 0 radical (unpaired) electrons. The molecule has 1 aliphatic carbocycles. The molecule has 0 atom stereocenters. The van der Waals surface area contributed by atoms with Gasteiger partial charge in [0.25, 0.3) is 5.91 Å². The number of ether oxygens (including phenoxy) is 1. The van der Waals surface area contributed by atoms with Gasteiger partial charge in [0.05, 0.1) is 13.7 Å². The van der Waals surface area contributed by atoms with Crippen LogP contribution in [0.4, 0.5) is 15.8 Å². The largest absolute Gasteiger partial charge is 0.496 e. The molecule has 5 rings (SSSR count). The summed E-state index contributed by atoms with van der Waals surface area (Å²) in [5.74, 6) is 0.427. The van der Waals surface area contributed by atoms with Gasteiger partial charge in [-0.25, -0.2) is 4.39 Å². The molecular formula is C28H35FN4O3. The number of fused-ring (bicyclic) bond motifs is 1. The van der Waals surface area contributed by atoms with Crippen molar-refractivity contribution in [2.45, 2.75) is 63.7 Å². The van der Waals surface area contributed by atoms with Gasteiger partial charge in [-0.2, -0.15) is 0 Å². The third kappa shape index (κ3) is 4.32. The van der Waals surface area contributed by atoms with Crippen LogP contribution in [0.15, 0.2) is 30.3 Å². The van der Waals surface area contributed by atoms with Crippen LogP contribution in [0, 0.1) is 13.8 Å². The topological polar surface area (TPSA) is 82.7 Å². The second-order valence-corrected chi connectivity index (χ2v) is 10.5. The fraction of sp³-hybridized carbons (Fsp3) is 0.500. The van der Waals surface area contributed by atoms with Gasteiger partial charge < -0.3 is 25.6 Å². The Morgan fingerprint density at radius 2 is 1.83 bits per heavy atom. The molecule has 0 unspecified atom stereocenters. The number of alkyl halides is 1. The monoisotopic (exact) mass is 494 g/mol. The average molecular weight is 495 g/mol. The highest BCUT2D eigenvalue weighted by Gasteiger charge is 2.50. The minimum absolute atomic E-state index is 0.129. The van der Waals surface area contributed by atoms with E-state index in [1.165, 1.54) is 0 Å². The van der Waals surface area contributed by atoms with Crippen molar-refractivity contribution in [2.24, 2.45) is 0 Å². The van der Waals surface area contributed by atoms with Crippen molar-refractivity contribution < 1.29 is 18.7 Å². The zero-order valence-corrected chi connectivity index (χ0v) is 21.3. The quantitative estimate of drug-likeness (QED) is 0.534. The molecule has 192 valence electrons. The van der Waals surface area contributed by atoms with Crippen LogP contribution in [-0.2, 0) is 11.3 Å². The van der Waals surface area contributed by atoms with Crippen molar-refractivity contribution in [3.05, 3.63) is 52.6 Å². The predicted molar refractivity (Wildman–Crippen MR) is 138 cm³/mol. The molecule has 0 spiro atoms. The Morgan fingerprint density at radius 1 is 1.08 bits per heavy atom. The molecule has 2 amide bonds. The first-order valence-corrected chi connectivity index (χ1v) is 12.8. The smallest absolute Gasteiger partial charge is 0.255 e. The van der Waals surface area contributed by atoms with E-state index in [2.05, 4.69) is 16.0 Å². The fourth-order valence-electron chi connectivity index (χ4n) is 5.72. The van der Waals surface area contributed by atoms with Crippen molar-refractivity contribution >= 4 is 23.2 Å². The van der Waals surface area contributed by atoms with Crippen molar-refractivity contribution in [3.8, 4) is 5.75 Å². The summed E-state index contributed by atoms with van der Waals surface area (Å²) < 4.78 is 19.9. The summed E-state index contributed by atoms with van der Waals surface area (Å²) >= 11 is 0. The molecule has 0 bridgehead atoms. The van der Waals surface area contributed by atoms with Crippen LogP contribution in [0.1, 0.15) is 59.2 Å². The lowest BCUT2D eigenvalue weighted by molar-refractivity contribution is -0.129. The minimum atomic E-state index is -1.26. The van der Waals surface area contributed by atoms with Gasteiger partial charge in [0.15, 0.2) is 5.67 Å². The Labute approximate surface area is 211 Å². The van der Waals surface area contributed by atoms with E-state index < -0.39 is 11.2 Å². The van der Waals surface area contributed by atoms with Gasteiger partial charge in [0, 0.05) is 42.6 Å². The van der Waals surface area contributed by atoms with Crippen molar-refractivity contribution in [1.82, 2.24) is 10.2 Å². The second kappa shape index (κ2) is 9.39. The van der Waals surface area contributed by atoms with E-state index in [0.717, 1.165) is 41.6 Å². The zero-order valence-electron chi connectivity index (χ0n) is 21.3. The van der Waals surface area contributed by atoms with Crippen LogP contribution < -0.4 is 20.7 Å². The van der Waals surface area contributed by atoms with Gasteiger partial charge >= 0.3 is 0 Å². The standard InChI is InChI=1S/C28H35FN4O3/c1-18-7-8-20(13-24(18)36-3)32-26(35)28(9-5-4-6-10-28)33-14-23-19(2)11-21(12-22(23)25(33)34)31-17-27(29)15-30-16-27/h7-8,11-13,30-31H,4-6,9-10,14-17H2,1-3H3,(H,32,35). The summed E-state index contributed by atoms with van der Waals surface area (Å²) in [6.07, 6.45) is 4.09. The number of carbonyl (C=O) groups excluding carboxylic acids is 2. The minimum Gasteiger partial charge on any atom is -0.496 e. The third-order valence-electron chi connectivity index (χ3n) is 8.04. The number of hydrogen-bond donors (Lipinski definition) is 3. The molecule has 3 N–H and O–H groups in total. The Kier molecular flexibility index (Phi) is 6.41. The molecule has 3 aliphatic rings. The number of nitrogens with one attached hydrogen (secondary N) is 3. The lowest BCUT2D eigenvalue weighted by Crippen LogP contribution is -2.59. The van der Waals surface area contributed by atoms with E-state index in [1.807, 2.05) is 44.2 Å². The lowest BCUT2D eigenvalue weighted by Gasteiger charge is -2.43. The summed E-state index contributed by atoms with van der Waals surface area (Å²) in [6.45, 7) is 5.20. The van der Waals surface area contributed by atoms with E-state index in [0.29, 0.717) is 49.5 Å². The number of rotatable bonds is 7. The fourth-order valence-corrected chi connectivity index (χ4v) is 5.72. The van der Waals surface area contributed by atoms with Gasteiger partial charge in [0.2, 0.25) is 5.91 Å². The van der Waals surface area contributed by atoms with Crippen LogP contribution in [0.5, 0.6) is 5.75 Å². The number of benzene rings is 2. The van der Waals surface area contributed by atoms with Crippen molar-refractivity contribution in [1.29, 1.82) is 0 Å². The highest BCUT2D eigenvalue weighted by atomic mass is 19.1. The maximum atomic E-state index is 14.5. The van der Waals surface area contributed by atoms with Crippen LogP contribution in [0.3, 0.4) is 0 Å². The van der Waals surface area contributed by atoms with E-state index in [9.17, 15) is 14.0 Å². The van der Waals surface area contributed by atoms with E-state index in [1.54, 1.807) is 12.0 Å². The van der Waals surface area contributed by atoms with Crippen LogP contribution in [0.25, 0.3) is 0 Å². The number of methoxy groups -OCH3 is 1. The van der Waals surface area contributed by atoms with Gasteiger partial charge in [0.1, 0.15) is 11.3 Å². The Hall–Kier alpha value is -3.13. The molecule has 1 saturated carbocycles. The number of aryl methyl sites for hydroxylation is 2. The van der Waals surface area contributed by atoms with Gasteiger partial charge in [-0.15, -0.1) is 0 Å². The Balaban J connectivity index is 1.40. The molecule has 7 nitrogen and oxygen atoms in total. The summed E-state index contributed by atoms with van der Waals surface area (Å²) in [5.41, 5.74) is 2.73. The molecule has 1 saturated heterocycles. The maximum Gasteiger partial charge on any atom is 0.255 e. The summed E-state index contributed by atoms with van der Waals surface area (Å²) in [4.78, 5) is 29.4. The highest BCUT2D eigenvalue weighted by Crippen LogP contribution is 2.41. The van der Waals surface area contributed by atoms with Crippen LogP contribution in [0.2, 0.25) is 0 Å². The molecule has 2 heterocycles. The van der Waals surface area contributed by atoms with Crippen LogP contribution >= 0.6 is 0 Å². The zero-order chi connectivity index (χ0) is 25.5. The summed E-state index contributed by atoms with van der Waals surface area (Å²) in [6, 6.07) is 9.39. The number of nitrogens with zero attached hydrogens (tertiary/aromatic N) is 1. The number of anilines is 2. The molecule has 8 heteroatoms. The second-order valence-electron chi connectivity index (χ2n) is 10.5. The molecule has 36 heavy (non-hydrogen) atoms. The van der Waals surface area contributed by atoms with Crippen molar-refractivity contribution in [3.63, 3.8) is 0 Å². The summed E-state index contributed by atoms with van der Waals surface area (Å²) in [5, 5.41) is 9.22. The molecule has 0 aromatic heterocycles. The Bertz CT molecular complexity index is 1190. The molecule has 2 fully saturated rings. The van der Waals surface area contributed by atoms with E-state index in [4.69, 9.17) is 4.74 Å². The highest BCUT2D eigenvalue weighted by molar-refractivity contribution is 6.06. The first-order valence-electron chi connectivity index (χ1n) is 12.8. The molecule has 2 aromatic rings. The predicted octanol–water partition coefficient (Wildman–Crippen LogP) is 4.33. The lowest BCUT2D eigenvalue weighted by atomic mass is 9.79. The number of hydrogen-bond acceptors (Lipinski definition) is 5. The van der Waals surface area contributed by atoms with E-state index >= 15 is 0 Å². The first kappa shape index (κ1) is 24.6. The third-order valence-corrected chi connectivity index (χ3v) is 8.04. The molecule has 2 aromatic carbocycles. The first-order chi connectivity index (χ1) is 17.2. The van der Waals surface area contributed by atoms with Gasteiger partial charge in [-0.05, 0) is 61.6 Å². The molecule has 2 aliphatic heterocycles.